The first-order valence-corrected chi connectivity index (χ1v) is 6.67. The van der Waals surface area contributed by atoms with E-state index >= 15 is 0 Å². The molecule has 21 heavy (non-hydrogen) atoms. The first-order chi connectivity index (χ1) is 9.56. The van der Waals surface area contributed by atoms with Crippen LogP contribution in [0.25, 0.3) is 0 Å². The second-order valence-corrected chi connectivity index (χ2v) is 4.89. The number of aromatic nitrogens is 2. The number of nitrogens with one attached hydrogen (secondary N) is 1. The van der Waals surface area contributed by atoms with E-state index in [-0.39, 0.29) is 24.0 Å². The maximum atomic E-state index is 5.89. The maximum absolute atomic E-state index is 5.89. The summed E-state index contributed by atoms with van der Waals surface area (Å²) >= 11 is 0. The van der Waals surface area contributed by atoms with Crippen LogP contribution >= 0.6 is 24.0 Å². The average molecular weight is 399 g/mol. The number of benzene rings is 1. The van der Waals surface area contributed by atoms with Crippen molar-refractivity contribution < 1.29 is 0 Å². The monoisotopic (exact) mass is 399 g/mol. The van der Waals surface area contributed by atoms with Gasteiger partial charge in [0.2, 0.25) is 0 Å². The van der Waals surface area contributed by atoms with Gasteiger partial charge in [-0.2, -0.15) is 5.10 Å². The predicted octanol–water partition coefficient (Wildman–Crippen LogP) is 2.62. The van der Waals surface area contributed by atoms with Gasteiger partial charge in [0, 0.05) is 37.6 Å². The molecule has 0 saturated heterocycles. The second-order valence-electron chi connectivity index (χ2n) is 4.89. The number of aryl methyl sites for hydroxylation is 3. The fourth-order valence-corrected chi connectivity index (χ4v) is 1.94. The lowest BCUT2D eigenvalue weighted by atomic mass is 10.1. The molecule has 0 aliphatic carbocycles. The highest BCUT2D eigenvalue weighted by atomic mass is 127. The molecule has 114 valence electrons. The molecule has 0 aliphatic rings. The Morgan fingerprint density at radius 3 is 2.67 bits per heavy atom. The van der Waals surface area contributed by atoms with Crippen LogP contribution in [0.4, 0.5) is 5.69 Å². The molecule has 1 heterocycles. The lowest BCUT2D eigenvalue weighted by Crippen LogP contribution is -2.23. The third-order valence-electron chi connectivity index (χ3n) is 3.35. The first kappa shape index (κ1) is 17.5. The number of anilines is 1. The van der Waals surface area contributed by atoms with Crippen LogP contribution in [0, 0.1) is 13.8 Å². The van der Waals surface area contributed by atoms with E-state index in [1.807, 2.05) is 23.9 Å². The summed E-state index contributed by atoms with van der Waals surface area (Å²) in [6.45, 7) is 4.81. The summed E-state index contributed by atoms with van der Waals surface area (Å²) in [5.41, 5.74) is 10.5. The van der Waals surface area contributed by atoms with Gasteiger partial charge in [-0.05, 0) is 43.2 Å². The summed E-state index contributed by atoms with van der Waals surface area (Å²) in [6.07, 6.45) is 2.61. The van der Waals surface area contributed by atoms with Gasteiger partial charge in [0.1, 0.15) is 0 Å². The number of halogens is 1. The van der Waals surface area contributed by atoms with Crippen LogP contribution in [0.2, 0.25) is 0 Å². The molecule has 0 unspecified atom stereocenters. The zero-order chi connectivity index (χ0) is 14.5. The minimum Gasteiger partial charge on any atom is -0.370 e. The van der Waals surface area contributed by atoms with Gasteiger partial charge in [-0.15, -0.1) is 24.0 Å². The molecule has 5 nitrogen and oxygen atoms in total. The van der Waals surface area contributed by atoms with Crippen molar-refractivity contribution in [1.82, 2.24) is 9.78 Å². The molecule has 0 aliphatic heterocycles. The molecule has 0 spiro atoms. The van der Waals surface area contributed by atoms with E-state index in [1.165, 1.54) is 11.1 Å². The van der Waals surface area contributed by atoms with Crippen molar-refractivity contribution in [3.05, 3.63) is 47.3 Å². The predicted molar refractivity (Wildman–Crippen MR) is 98.4 cm³/mol. The van der Waals surface area contributed by atoms with Gasteiger partial charge in [-0.1, -0.05) is 6.07 Å². The quantitative estimate of drug-likeness (QED) is 0.472. The largest absolute Gasteiger partial charge is 0.370 e. The average Bonchev–Trinajstić information content (AvgIpc) is 2.80. The minimum absolute atomic E-state index is 0. The van der Waals surface area contributed by atoms with E-state index in [0.717, 1.165) is 17.8 Å². The fraction of sp³-hybridized carbons (Fsp3) is 0.333. The van der Waals surface area contributed by atoms with Crippen molar-refractivity contribution in [3.63, 3.8) is 0 Å². The highest BCUT2D eigenvalue weighted by molar-refractivity contribution is 14.0. The van der Waals surface area contributed by atoms with Gasteiger partial charge < -0.3 is 11.1 Å². The Kier molecular flexibility index (Phi) is 6.67. The number of hydrogen-bond donors (Lipinski definition) is 2. The zero-order valence-electron chi connectivity index (χ0n) is 12.6. The number of guanidine groups is 1. The fourth-order valence-electron chi connectivity index (χ4n) is 1.94. The number of aliphatic imine (C=N–C) groups is 1. The highest BCUT2D eigenvalue weighted by Gasteiger charge is 1.99. The lowest BCUT2D eigenvalue weighted by Gasteiger charge is -2.08. The Hall–Kier alpha value is -1.57. The van der Waals surface area contributed by atoms with Gasteiger partial charge >= 0.3 is 0 Å². The van der Waals surface area contributed by atoms with E-state index in [4.69, 9.17) is 5.73 Å². The molecule has 2 aromatic rings. The molecular formula is C15H22IN5. The number of rotatable bonds is 4. The van der Waals surface area contributed by atoms with Crippen LogP contribution in [0.15, 0.2) is 35.5 Å². The van der Waals surface area contributed by atoms with Gasteiger partial charge in [-0.25, -0.2) is 0 Å². The Morgan fingerprint density at radius 1 is 1.29 bits per heavy atom. The van der Waals surface area contributed by atoms with Crippen molar-refractivity contribution in [2.24, 2.45) is 17.8 Å². The third kappa shape index (κ3) is 5.04. The lowest BCUT2D eigenvalue weighted by molar-refractivity contribution is 0.706. The smallest absolute Gasteiger partial charge is 0.193 e. The summed E-state index contributed by atoms with van der Waals surface area (Å²) < 4.78 is 1.85. The molecular weight excluding hydrogens is 377 g/mol. The summed E-state index contributed by atoms with van der Waals surface area (Å²) in [5.74, 6) is 0.440. The Morgan fingerprint density at radius 2 is 2.05 bits per heavy atom. The summed E-state index contributed by atoms with van der Waals surface area (Å²) in [6, 6.07) is 8.13. The maximum Gasteiger partial charge on any atom is 0.193 e. The standard InChI is InChI=1S/C15H21N5.HI/c1-11-4-5-13(10-12(11)2)19-15(16)17-8-6-14-7-9-18-20(14)3;/h4-5,7,9-10H,6,8H2,1-3H3,(H3,16,17,19);1H. The van der Waals surface area contributed by atoms with Gasteiger partial charge in [0.05, 0.1) is 0 Å². The van der Waals surface area contributed by atoms with Crippen molar-refractivity contribution in [2.45, 2.75) is 20.3 Å². The van der Waals surface area contributed by atoms with Crippen molar-refractivity contribution >= 4 is 35.6 Å². The Labute approximate surface area is 142 Å². The molecule has 0 saturated carbocycles. The van der Waals surface area contributed by atoms with Crippen molar-refractivity contribution in [3.8, 4) is 0 Å². The SMILES string of the molecule is Cc1ccc(NC(N)=NCCc2ccnn2C)cc1C.I. The van der Waals surface area contributed by atoms with Crippen molar-refractivity contribution in [1.29, 1.82) is 0 Å². The molecule has 1 aromatic carbocycles. The Balaban J connectivity index is 0.00000220. The number of hydrogen-bond acceptors (Lipinski definition) is 2. The number of nitrogens with zero attached hydrogens (tertiary/aromatic N) is 3. The molecule has 0 amide bonds. The minimum atomic E-state index is 0. The van der Waals surface area contributed by atoms with E-state index in [9.17, 15) is 0 Å². The first-order valence-electron chi connectivity index (χ1n) is 6.67. The van der Waals surface area contributed by atoms with E-state index in [0.29, 0.717) is 12.5 Å². The van der Waals surface area contributed by atoms with Crippen LogP contribution < -0.4 is 11.1 Å². The van der Waals surface area contributed by atoms with Crippen LogP contribution in [0.5, 0.6) is 0 Å². The topological polar surface area (TPSA) is 68.2 Å². The normalized spacial score (nSPS) is 11.1. The van der Waals surface area contributed by atoms with E-state index in [1.54, 1.807) is 6.20 Å². The summed E-state index contributed by atoms with van der Waals surface area (Å²) in [7, 11) is 1.93. The van der Waals surface area contributed by atoms with Gasteiger partial charge in [0.25, 0.3) is 0 Å². The van der Waals surface area contributed by atoms with Crippen LogP contribution in [0.1, 0.15) is 16.8 Å². The van der Waals surface area contributed by atoms with E-state index in [2.05, 4.69) is 41.4 Å². The van der Waals surface area contributed by atoms with Crippen LogP contribution in [-0.4, -0.2) is 22.3 Å². The van der Waals surface area contributed by atoms with Crippen LogP contribution in [-0.2, 0) is 13.5 Å². The molecule has 6 heteroatoms. The van der Waals surface area contributed by atoms with Gasteiger partial charge in [-0.3, -0.25) is 9.67 Å². The zero-order valence-corrected chi connectivity index (χ0v) is 15.0. The van der Waals surface area contributed by atoms with Gasteiger partial charge in [0.15, 0.2) is 5.96 Å². The summed E-state index contributed by atoms with van der Waals surface area (Å²) in [4.78, 5) is 4.33. The molecule has 0 radical (unpaired) electrons. The number of nitrogens with two attached hydrogens (primary N) is 1. The third-order valence-corrected chi connectivity index (χ3v) is 3.35. The molecule has 2 rings (SSSR count). The Bertz CT molecular complexity index is 618. The molecule has 3 N–H and O–H groups in total. The molecule has 1 aromatic heterocycles. The molecule has 0 atom stereocenters. The second kappa shape index (κ2) is 8.02. The molecule has 0 bridgehead atoms. The van der Waals surface area contributed by atoms with E-state index < -0.39 is 0 Å². The van der Waals surface area contributed by atoms with Crippen LogP contribution in [0.3, 0.4) is 0 Å². The molecule has 0 fully saturated rings. The van der Waals surface area contributed by atoms with Crippen molar-refractivity contribution in [2.75, 3.05) is 11.9 Å². The summed E-state index contributed by atoms with van der Waals surface area (Å²) in [5, 5.41) is 7.23. The highest BCUT2D eigenvalue weighted by Crippen LogP contribution is 2.13.